The van der Waals surface area contributed by atoms with Crippen molar-refractivity contribution in [3.63, 3.8) is 0 Å². The molecule has 3 heterocycles. The second-order valence-corrected chi connectivity index (χ2v) is 9.21. The van der Waals surface area contributed by atoms with Crippen LogP contribution in [-0.2, 0) is 19.5 Å². The van der Waals surface area contributed by atoms with Gasteiger partial charge in [-0.2, -0.15) is 4.98 Å². The van der Waals surface area contributed by atoms with E-state index in [9.17, 15) is 10.1 Å². The van der Waals surface area contributed by atoms with Crippen molar-refractivity contribution in [2.75, 3.05) is 51.8 Å². The van der Waals surface area contributed by atoms with Crippen molar-refractivity contribution in [3.8, 4) is 17.4 Å². The van der Waals surface area contributed by atoms with Gasteiger partial charge in [0.2, 0.25) is 11.8 Å². The monoisotopic (exact) mass is 490 g/mol. The van der Waals surface area contributed by atoms with Crippen molar-refractivity contribution in [2.24, 2.45) is 0 Å². The summed E-state index contributed by atoms with van der Waals surface area (Å²) >= 11 is 0. The molecular formula is C26H30N6O4. The van der Waals surface area contributed by atoms with Gasteiger partial charge in [-0.15, -0.1) is 0 Å². The fourth-order valence-corrected chi connectivity index (χ4v) is 4.58. The van der Waals surface area contributed by atoms with Crippen LogP contribution < -0.4 is 14.4 Å². The first-order valence-electron chi connectivity index (χ1n) is 12.1. The summed E-state index contributed by atoms with van der Waals surface area (Å²) in [5.74, 6) is 2.70. The number of nitro groups is 1. The molecule has 1 fully saturated rings. The third-order valence-corrected chi connectivity index (χ3v) is 6.68. The molecule has 188 valence electrons. The van der Waals surface area contributed by atoms with Gasteiger partial charge in [-0.3, -0.25) is 15.0 Å². The van der Waals surface area contributed by atoms with E-state index in [0.29, 0.717) is 30.7 Å². The highest BCUT2D eigenvalue weighted by atomic mass is 16.6. The quantitative estimate of drug-likeness (QED) is 0.364. The van der Waals surface area contributed by atoms with Crippen molar-refractivity contribution in [3.05, 3.63) is 75.5 Å². The van der Waals surface area contributed by atoms with Gasteiger partial charge in [0.1, 0.15) is 11.5 Å². The molecule has 2 aliphatic heterocycles. The second kappa shape index (κ2) is 10.5. The molecular weight excluding hydrogens is 460 g/mol. The minimum absolute atomic E-state index is 0.105. The topological polar surface area (TPSA) is 97.1 Å². The molecule has 10 heteroatoms. The normalized spacial score (nSPS) is 16.4. The van der Waals surface area contributed by atoms with Crippen LogP contribution in [0.1, 0.15) is 16.8 Å². The number of anilines is 1. The highest BCUT2D eigenvalue weighted by Gasteiger charge is 2.27. The van der Waals surface area contributed by atoms with Gasteiger partial charge in [0.05, 0.1) is 23.3 Å². The number of hydrogen-bond donors (Lipinski definition) is 0. The zero-order chi connectivity index (χ0) is 25.1. The second-order valence-electron chi connectivity index (χ2n) is 9.21. The van der Waals surface area contributed by atoms with E-state index in [1.165, 1.54) is 6.07 Å². The number of benzene rings is 2. The maximum absolute atomic E-state index is 11.2. The zero-order valence-corrected chi connectivity index (χ0v) is 20.6. The van der Waals surface area contributed by atoms with E-state index in [0.717, 1.165) is 61.7 Å². The third-order valence-electron chi connectivity index (χ3n) is 6.68. The van der Waals surface area contributed by atoms with Crippen LogP contribution in [0.3, 0.4) is 0 Å². The standard InChI is InChI=1S/C26H30N6O4/c1-29-12-14-31(15-13-29)26-27-24-10-11-30(17-19-4-3-5-20(16-19)32(33)34)18-23(24)25(28-26)36-22-8-6-21(35-2)7-9-22/h3-9,16H,10-15,17-18H2,1-2H3. The lowest BCUT2D eigenvalue weighted by Crippen LogP contribution is -2.45. The van der Waals surface area contributed by atoms with Crippen LogP contribution in [0.5, 0.6) is 17.4 Å². The number of fused-ring (bicyclic) bond motifs is 1. The van der Waals surface area contributed by atoms with Gasteiger partial charge in [-0.25, -0.2) is 4.98 Å². The fourth-order valence-electron chi connectivity index (χ4n) is 4.58. The predicted octanol–water partition coefficient (Wildman–Crippen LogP) is 3.50. The van der Waals surface area contributed by atoms with Crippen LogP contribution in [0.2, 0.25) is 0 Å². The Bertz CT molecular complexity index is 1230. The Balaban J connectivity index is 1.42. The Labute approximate surface area is 210 Å². The van der Waals surface area contributed by atoms with Crippen molar-refractivity contribution in [1.29, 1.82) is 0 Å². The molecule has 0 bridgehead atoms. The molecule has 0 radical (unpaired) electrons. The summed E-state index contributed by atoms with van der Waals surface area (Å²) in [7, 11) is 3.76. The number of nitro benzene ring substituents is 1. The molecule has 0 spiro atoms. The van der Waals surface area contributed by atoms with Gasteiger partial charge in [-0.05, 0) is 36.9 Å². The number of ether oxygens (including phenoxy) is 2. The van der Waals surface area contributed by atoms with E-state index in [1.54, 1.807) is 19.2 Å². The highest BCUT2D eigenvalue weighted by molar-refractivity contribution is 5.44. The first-order chi connectivity index (χ1) is 17.5. The Kier molecular flexibility index (Phi) is 6.97. The number of aromatic nitrogens is 2. The summed E-state index contributed by atoms with van der Waals surface area (Å²) in [5, 5.41) is 11.2. The zero-order valence-electron chi connectivity index (χ0n) is 20.6. The Morgan fingerprint density at radius 1 is 1.00 bits per heavy atom. The van der Waals surface area contributed by atoms with E-state index in [2.05, 4.69) is 21.7 Å². The number of hydrogen-bond acceptors (Lipinski definition) is 9. The molecule has 0 saturated carbocycles. The molecule has 0 amide bonds. The molecule has 1 aromatic heterocycles. The van der Waals surface area contributed by atoms with Crippen LogP contribution >= 0.6 is 0 Å². The van der Waals surface area contributed by atoms with Crippen LogP contribution in [0.25, 0.3) is 0 Å². The number of methoxy groups -OCH3 is 1. The van der Waals surface area contributed by atoms with Crippen molar-refractivity contribution >= 4 is 11.6 Å². The summed E-state index contributed by atoms with van der Waals surface area (Å²) in [6, 6.07) is 14.3. The van der Waals surface area contributed by atoms with E-state index in [4.69, 9.17) is 19.4 Å². The number of likely N-dealkylation sites (N-methyl/N-ethyl adjacent to an activating group) is 1. The van der Waals surface area contributed by atoms with Crippen LogP contribution in [0.4, 0.5) is 11.6 Å². The van der Waals surface area contributed by atoms with Crippen molar-refractivity contribution in [1.82, 2.24) is 19.8 Å². The van der Waals surface area contributed by atoms with E-state index in [-0.39, 0.29) is 10.6 Å². The lowest BCUT2D eigenvalue weighted by Gasteiger charge is -2.34. The maximum atomic E-state index is 11.2. The van der Waals surface area contributed by atoms with Crippen molar-refractivity contribution < 1.29 is 14.4 Å². The summed E-state index contributed by atoms with van der Waals surface area (Å²) in [5.41, 5.74) is 2.96. The summed E-state index contributed by atoms with van der Waals surface area (Å²) in [4.78, 5) is 27.4. The highest BCUT2D eigenvalue weighted by Crippen LogP contribution is 2.33. The van der Waals surface area contributed by atoms with Gasteiger partial charge in [-0.1, -0.05) is 12.1 Å². The lowest BCUT2D eigenvalue weighted by molar-refractivity contribution is -0.384. The first-order valence-corrected chi connectivity index (χ1v) is 12.1. The average Bonchev–Trinajstić information content (AvgIpc) is 2.90. The van der Waals surface area contributed by atoms with Crippen LogP contribution in [0.15, 0.2) is 48.5 Å². The molecule has 0 unspecified atom stereocenters. The molecule has 36 heavy (non-hydrogen) atoms. The minimum Gasteiger partial charge on any atom is -0.497 e. The average molecular weight is 491 g/mol. The minimum atomic E-state index is -0.358. The summed E-state index contributed by atoms with van der Waals surface area (Å²) < 4.78 is 11.6. The first kappa shape index (κ1) is 24.0. The Hall–Kier alpha value is -3.76. The lowest BCUT2D eigenvalue weighted by atomic mass is 10.1. The molecule has 0 atom stereocenters. The molecule has 2 aliphatic rings. The molecule has 1 saturated heterocycles. The maximum Gasteiger partial charge on any atom is 0.269 e. The van der Waals surface area contributed by atoms with E-state index in [1.807, 2.05) is 30.3 Å². The number of piperazine rings is 1. The summed E-state index contributed by atoms with van der Waals surface area (Å²) in [6.07, 6.45) is 0.756. The van der Waals surface area contributed by atoms with Gasteiger partial charge < -0.3 is 19.3 Å². The molecule has 10 nitrogen and oxygen atoms in total. The van der Waals surface area contributed by atoms with Gasteiger partial charge in [0, 0.05) is 64.4 Å². The van der Waals surface area contributed by atoms with E-state index < -0.39 is 0 Å². The number of nitrogens with zero attached hydrogens (tertiary/aromatic N) is 6. The Morgan fingerprint density at radius 3 is 2.47 bits per heavy atom. The van der Waals surface area contributed by atoms with Crippen LogP contribution in [0, 0.1) is 10.1 Å². The van der Waals surface area contributed by atoms with Crippen LogP contribution in [-0.4, -0.2) is 71.6 Å². The molecule has 0 N–H and O–H groups in total. The fraction of sp³-hybridized carbons (Fsp3) is 0.385. The summed E-state index contributed by atoms with van der Waals surface area (Å²) in [6.45, 7) is 5.68. The van der Waals surface area contributed by atoms with E-state index >= 15 is 0 Å². The van der Waals surface area contributed by atoms with Gasteiger partial charge in [0.15, 0.2) is 0 Å². The third kappa shape index (κ3) is 5.39. The molecule has 2 aromatic carbocycles. The predicted molar refractivity (Wildman–Crippen MR) is 136 cm³/mol. The van der Waals surface area contributed by atoms with Gasteiger partial charge >= 0.3 is 0 Å². The Morgan fingerprint density at radius 2 is 1.75 bits per heavy atom. The molecule has 0 aliphatic carbocycles. The largest absolute Gasteiger partial charge is 0.497 e. The number of rotatable bonds is 7. The SMILES string of the molecule is COc1ccc(Oc2nc(N3CCN(C)CC3)nc3c2CN(Cc2cccc([N+](=O)[O-])c2)CC3)cc1. The molecule has 3 aromatic rings. The van der Waals surface area contributed by atoms with Gasteiger partial charge in [0.25, 0.3) is 5.69 Å². The van der Waals surface area contributed by atoms with Crippen molar-refractivity contribution in [2.45, 2.75) is 19.5 Å². The molecule has 5 rings (SSSR count). The smallest absolute Gasteiger partial charge is 0.269 e. The number of non-ortho nitro benzene ring substituents is 1.